The molecule has 0 bridgehead atoms. The number of ketones is 1. The number of aliphatic hydroxyl groups excluding tert-OH is 2. The Morgan fingerprint density at radius 2 is 0.858 bits per heavy atom. The number of hydrogen-bond acceptors (Lipinski definition) is 20. The zero-order valence-corrected chi connectivity index (χ0v) is 70.4. The number of methoxy groups -OCH3 is 2. The van der Waals surface area contributed by atoms with Crippen molar-refractivity contribution in [1.29, 1.82) is 0 Å². The number of hydrogen-bond donors (Lipinski definition) is 3. The quantitative estimate of drug-likeness (QED) is 0.0245. The lowest BCUT2D eigenvalue weighted by Gasteiger charge is -2.31. The van der Waals surface area contributed by atoms with E-state index >= 15 is 0 Å². The minimum atomic E-state index is -1.50. The summed E-state index contributed by atoms with van der Waals surface area (Å²) >= 11 is 1.93. The van der Waals surface area contributed by atoms with E-state index in [0.717, 1.165) is 59.9 Å². The lowest BCUT2D eigenvalue weighted by Crippen LogP contribution is -2.50. The molecule has 626 valence electrons. The molecule has 0 aliphatic carbocycles. The first kappa shape index (κ1) is 85.5. The molecule has 28 heteroatoms. The van der Waals surface area contributed by atoms with Crippen molar-refractivity contribution in [3.63, 3.8) is 0 Å². The molecule has 6 aromatic rings. The summed E-state index contributed by atoms with van der Waals surface area (Å²) in [6.45, 7) is 14.0. The van der Waals surface area contributed by atoms with Gasteiger partial charge in [0.1, 0.15) is 24.7 Å². The number of anilines is 2. The van der Waals surface area contributed by atoms with E-state index in [1.54, 1.807) is 70.9 Å². The average Bonchev–Trinajstić information content (AvgIpc) is 1.61. The van der Waals surface area contributed by atoms with Crippen LogP contribution in [0.2, 0.25) is 0 Å². The van der Waals surface area contributed by atoms with Crippen LogP contribution in [0.25, 0.3) is 0 Å². The summed E-state index contributed by atoms with van der Waals surface area (Å²) in [6, 6.07) is 26.0. The van der Waals surface area contributed by atoms with E-state index in [2.05, 4.69) is 15.3 Å². The zero-order chi connectivity index (χ0) is 85.0. The van der Waals surface area contributed by atoms with Gasteiger partial charge < -0.3 is 73.0 Å². The molecular formula is C92H98IN9O18. The number of carbonyl (C=O) groups is 8. The Kier molecular flexibility index (Phi) is 27.5. The second-order valence-corrected chi connectivity index (χ2v) is 30.6. The van der Waals surface area contributed by atoms with Crippen LogP contribution in [-0.2, 0) is 38.7 Å². The number of aliphatic hydroxyl groups is 2. The van der Waals surface area contributed by atoms with E-state index in [1.807, 2.05) is 169 Å². The SMILES string of the molecule is C/C=C/C1=CN2C(=O)c3cc(C)c(OCCCOc4cc5c(cc4OC)C(=O)N4C=C(/C=C/C)C[C@H]4[C@H](O)N5C(=O)OCc4ccc(C)cc4)cc3N=C[C@@H]2C1.C/C=C/C1=CN2C(=O)c3cc(C)c(OCCCOc4cc5c(cc4OC)C(=O)N4C=C(/C=C/C)C[C@H]4[C@H](O)N5C(=O)OCc4ccc(CC(=O)CNC(=O)CI)cc4)cc3N=C[C@@H]2C1.[HH]. The lowest BCUT2D eigenvalue weighted by molar-refractivity contribution is -0.123. The number of fused-ring (bicyclic) bond motifs is 8. The Morgan fingerprint density at radius 3 is 1.26 bits per heavy atom. The van der Waals surface area contributed by atoms with Crippen LogP contribution in [-0.4, -0.2) is 178 Å². The Hall–Kier alpha value is -12.4. The first-order valence-corrected chi connectivity index (χ1v) is 41.3. The minimum Gasteiger partial charge on any atom is -0.493 e. The molecule has 3 N–H and O–H groups in total. The number of carbonyl (C=O) groups excluding carboxylic acids is 8. The molecule has 0 radical (unpaired) electrons. The van der Waals surface area contributed by atoms with Crippen LogP contribution >= 0.6 is 22.6 Å². The molecule has 8 aliphatic heterocycles. The number of nitrogens with zero attached hydrogens (tertiary/aromatic N) is 8. The summed E-state index contributed by atoms with van der Waals surface area (Å²) < 4.78 is 47.8. The van der Waals surface area contributed by atoms with Crippen molar-refractivity contribution in [3.05, 3.63) is 248 Å². The van der Waals surface area contributed by atoms with Crippen LogP contribution in [0, 0.1) is 20.8 Å². The maximum Gasteiger partial charge on any atom is 0.416 e. The Morgan fingerprint density at radius 1 is 0.483 bits per heavy atom. The third-order valence-corrected chi connectivity index (χ3v) is 22.0. The highest BCUT2D eigenvalue weighted by Gasteiger charge is 2.48. The highest BCUT2D eigenvalue weighted by atomic mass is 127. The topological polar surface area (TPSA) is 307 Å². The number of nitrogens with one attached hydrogen (secondary N) is 1. The number of Topliss-reactive ketones (excluding diaryl/α,β-unsaturated/α-hetero) is 1. The number of ether oxygens (including phenoxy) is 8. The summed E-state index contributed by atoms with van der Waals surface area (Å²) in [6.07, 6.45) is 24.6. The molecule has 8 aliphatic rings. The second-order valence-electron chi connectivity index (χ2n) is 29.8. The van der Waals surface area contributed by atoms with Gasteiger partial charge in [-0.25, -0.2) is 19.4 Å². The molecule has 0 spiro atoms. The first-order chi connectivity index (χ1) is 58.0. The van der Waals surface area contributed by atoms with Crippen LogP contribution in [0.4, 0.5) is 32.3 Å². The van der Waals surface area contributed by atoms with Gasteiger partial charge in [-0.2, -0.15) is 0 Å². The van der Waals surface area contributed by atoms with Gasteiger partial charge in [-0.15, -0.1) is 0 Å². The molecular weight excluding hydrogens is 1650 g/mol. The van der Waals surface area contributed by atoms with Gasteiger partial charge >= 0.3 is 12.2 Å². The lowest BCUT2D eigenvalue weighted by atomic mass is 10.1. The molecule has 0 saturated carbocycles. The number of allylic oxidation sites excluding steroid dienone is 8. The fourth-order valence-corrected chi connectivity index (χ4v) is 15.6. The van der Waals surface area contributed by atoms with Gasteiger partial charge in [0.15, 0.2) is 41.2 Å². The average molecular weight is 1740 g/mol. The van der Waals surface area contributed by atoms with Gasteiger partial charge in [0, 0.05) is 82.2 Å². The third kappa shape index (κ3) is 19.0. The molecule has 14 rings (SSSR count). The van der Waals surface area contributed by atoms with Gasteiger partial charge in [-0.1, -0.05) is 125 Å². The zero-order valence-electron chi connectivity index (χ0n) is 68.3. The highest BCUT2D eigenvalue weighted by molar-refractivity contribution is 14.1. The molecule has 0 fully saturated rings. The number of halogens is 1. The number of aryl methyl sites for hydroxylation is 3. The smallest absolute Gasteiger partial charge is 0.416 e. The van der Waals surface area contributed by atoms with E-state index in [-0.39, 0.29) is 139 Å². The Bertz CT molecular complexity index is 5320. The second kappa shape index (κ2) is 38.5. The molecule has 0 unspecified atom stereocenters. The number of amides is 7. The Labute approximate surface area is 711 Å². The highest BCUT2D eigenvalue weighted by Crippen LogP contribution is 2.46. The molecule has 6 aromatic carbocycles. The van der Waals surface area contributed by atoms with Crippen molar-refractivity contribution in [2.24, 2.45) is 9.98 Å². The van der Waals surface area contributed by atoms with Crippen molar-refractivity contribution < 1.29 is 87.9 Å². The molecule has 8 heterocycles. The fraction of sp³-hybridized carbons (Fsp3) is 0.326. The van der Waals surface area contributed by atoms with E-state index in [0.29, 0.717) is 78.3 Å². The summed E-state index contributed by atoms with van der Waals surface area (Å²) in [7, 11) is 2.92. The van der Waals surface area contributed by atoms with Crippen molar-refractivity contribution in [1.82, 2.24) is 24.9 Å². The molecule has 7 amide bonds. The summed E-state index contributed by atoms with van der Waals surface area (Å²) in [5.41, 5.74) is 11.2. The molecule has 27 nitrogen and oxygen atoms in total. The Balaban J connectivity index is 0.000000222. The normalized spacial score (nSPS) is 19.3. The number of aliphatic imine (C=N–C) groups is 2. The fourth-order valence-electron chi connectivity index (χ4n) is 15.3. The van der Waals surface area contributed by atoms with Crippen LogP contribution in [0.1, 0.15) is 142 Å². The third-order valence-electron chi connectivity index (χ3n) is 21.3. The minimum absolute atomic E-state index is 0. The predicted molar refractivity (Wildman–Crippen MR) is 463 cm³/mol. The van der Waals surface area contributed by atoms with Gasteiger partial charge in [0.25, 0.3) is 23.6 Å². The molecule has 6 atom stereocenters. The van der Waals surface area contributed by atoms with Crippen LogP contribution in [0.5, 0.6) is 34.5 Å². The van der Waals surface area contributed by atoms with Crippen molar-refractivity contribution in [2.75, 3.05) is 61.4 Å². The first-order valence-electron chi connectivity index (χ1n) is 39.8. The predicted octanol–water partition coefficient (Wildman–Crippen LogP) is 15.0. The molecule has 0 aromatic heterocycles. The monoisotopic (exact) mass is 1740 g/mol. The van der Waals surface area contributed by atoms with Crippen molar-refractivity contribution >= 4 is 105 Å². The van der Waals surface area contributed by atoms with Crippen molar-refractivity contribution in [2.45, 2.75) is 143 Å². The van der Waals surface area contributed by atoms with E-state index in [4.69, 9.17) is 37.9 Å². The van der Waals surface area contributed by atoms with Gasteiger partial charge in [-0.05, 0) is 149 Å². The van der Waals surface area contributed by atoms with Gasteiger partial charge in [0.2, 0.25) is 5.91 Å². The molecule has 120 heavy (non-hydrogen) atoms. The summed E-state index contributed by atoms with van der Waals surface area (Å²) in [4.78, 5) is 125. The van der Waals surface area contributed by atoms with E-state index in [9.17, 15) is 48.6 Å². The molecule has 0 saturated heterocycles. The van der Waals surface area contributed by atoms with E-state index < -0.39 is 48.5 Å². The van der Waals surface area contributed by atoms with Gasteiger partial charge in [-0.3, -0.25) is 38.8 Å². The standard InChI is InChI=1S/C48H50IN5O10.C44H46N4O8.H2/c1-5-8-32-17-34-24-50-38-21-41(29(3)16-36(38)45(57)52(34)26-32)62-14-7-15-63-43-22-39-37(20-42(43)61-4)46(58)53-27-33(9-6-2)19-40(53)47(59)54(39)48(60)64-28-31-12-10-30(11-13-31)18-35(55)25-51-44(56)23-49;1-6-9-30-18-32-23-45-35-21-38(28(4)17-33(35)41(49)46(32)24-30)54-15-8-16-55-40-22-36-34(20-39(40)53-5)42(50)47-25-31(10-7-2)19-37(47)43(51)48(36)44(52)56-26-29-13-11-27(3)12-14-29;/h5-6,8-13,16,20-22,24,26-27,34,40,47,59H,7,14-15,17-19,23,25,28H2,1-4H3,(H,51,56);6-7,9-14,17,20-25,32,37,43,51H,8,15-16,18-19,26H2,1-5H3;1H/b8-5+,9-6+;9-6+,10-7+;/t34-,40-,47-;32-,37-,43-;/m00./s1. The number of benzene rings is 6. The van der Waals surface area contributed by atoms with Crippen molar-refractivity contribution in [3.8, 4) is 34.5 Å². The van der Waals surface area contributed by atoms with Crippen LogP contribution in [0.15, 0.2) is 203 Å². The number of alkyl halides is 1. The summed E-state index contributed by atoms with van der Waals surface area (Å²) in [5.74, 6) is 0.832. The van der Waals surface area contributed by atoms with E-state index in [1.165, 1.54) is 48.3 Å². The van der Waals surface area contributed by atoms with Crippen LogP contribution in [0.3, 0.4) is 0 Å². The van der Waals surface area contributed by atoms with Gasteiger partial charge in [0.05, 0.1) is 121 Å². The maximum absolute atomic E-state index is 14.2. The summed E-state index contributed by atoms with van der Waals surface area (Å²) in [5, 5.41) is 26.3. The number of rotatable bonds is 27. The maximum atomic E-state index is 14.2. The largest absolute Gasteiger partial charge is 0.493 e. The van der Waals surface area contributed by atoms with Crippen LogP contribution < -0.4 is 43.5 Å².